The minimum Gasteiger partial charge on any atom is -0.481 e. The van der Waals surface area contributed by atoms with Crippen LogP contribution in [0.4, 0.5) is 0 Å². The number of carboxylic acid groups (broad SMARTS) is 2. The molecule has 29 heavy (non-hydrogen) atoms. The van der Waals surface area contributed by atoms with Gasteiger partial charge in [-0.1, -0.05) is 6.92 Å². The molecule has 2 amide bonds. The van der Waals surface area contributed by atoms with E-state index in [-0.39, 0.29) is 39.0 Å². The average molecular weight is 418 g/mol. The van der Waals surface area contributed by atoms with Crippen LogP contribution in [0.15, 0.2) is 0 Å². The largest absolute Gasteiger partial charge is 0.481 e. The van der Waals surface area contributed by atoms with Gasteiger partial charge >= 0.3 is 11.9 Å². The highest BCUT2D eigenvalue weighted by Gasteiger charge is 2.33. The number of amides is 2. The molecule has 0 heterocycles. The zero-order chi connectivity index (χ0) is 22.8. The van der Waals surface area contributed by atoms with Crippen LogP contribution in [0.3, 0.4) is 0 Å². The highest BCUT2D eigenvalue weighted by Crippen LogP contribution is 2.25. The maximum absolute atomic E-state index is 12.2. The summed E-state index contributed by atoms with van der Waals surface area (Å²) >= 11 is 0. The summed E-state index contributed by atoms with van der Waals surface area (Å²) in [5, 5.41) is 32.4. The highest BCUT2D eigenvalue weighted by molar-refractivity contribution is 5.86. The summed E-state index contributed by atoms with van der Waals surface area (Å²) in [6.07, 6.45) is -0.175. The fourth-order valence-electron chi connectivity index (χ4n) is 2.44. The average Bonchev–Trinajstić information content (AvgIpc) is 2.61. The Labute approximate surface area is 171 Å². The molecule has 5 N–H and O–H groups in total. The Morgan fingerprint density at radius 1 is 1.07 bits per heavy atom. The zero-order valence-corrected chi connectivity index (χ0v) is 17.8. The van der Waals surface area contributed by atoms with Crippen molar-refractivity contribution >= 4 is 23.8 Å². The van der Waals surface area contributed by atoms with Crippen molar-refractivity contribution in [2.45, 2.75) is 65.5 Å². The first-order valence-corrected chi connectivity index (χ1v) is 9.50. The second kappa shape index (κ2) is 11.7. The molecule has 0 saturated carbocycles. The lowest BCUT2D eigenvalue weighted by Gasteiger charge is -2.24. The third-order valence-corrected chi connectivity index (χ3v) is 4.42. The van der Waals surface area contributed by atoms with Gasteiger partial charge in [-0.05, 0) is 40.5 Å². The molecule has 0 aromatic rings. The topological polar surface area (TPSA) is 162 Å². The molecule has 168 valence electrons. The molecule has 0 bridgehead atoms. The van der Waals surface area contributed by atoms with Crippen molar-refractivity contribution in [1.82, 2.24) is 10.6 Å². The third kappa shape index (κ3) is 10.8. The summed E-state index contributed by atoms with van der Waals surface area (Å²) in [6, 6.07) is -1.26. The number of nitrogens with one attached hydrogen (secondary N) is 2. The van der Waals surface area contributed by atoms with Crippen molar-refractivity contribution in [3.05, 3.63) is 0 Å². The Bertz CT molecular complexity index is 589. The van der Waals surface area contributed by atoms with Crippen molar-refractivity contribution in [3.8, 4) is 0 Å². The van der Waals surface area contributed by atoms with Crippen molar-refractivity contribution in [1.29, 1.82) is 0 Å². The number of hydrogen-bond acceptors (Lipinski definition) is 6. The van der Waals surface area contributed by atoms with E-state index in [0.29, 0.717) is 0 Å². The van der Waals surface area contributed by atoms with Crippen LogP contribution in [0.2, 0.25) is 0 Å². The quantitative estimate of drug-likeness (QED) is 0.253. The number of aliphatic hydroxyl groups excluding tert-OH is 1. The van der Waals surface area contributed by atoms with Crippen molar-refractivity contribution < 1.29 is 39.2 Å². The molecule has 0 rings (SSSR count). The summed E-state index contributed by atoms with van der Waals surface area (Å²) in [5.74, 6) is -4.00. The lowest BCUT2D eigenvalue weighted by Crippen LogP contribution is -2.45. The van der Waals surface area contributed by atoms with Crippen LogP contribution >= 0.6 is 0 Å². The Kier molecular flexibility index (Phi) is 10.8. The first-order chi connectivity index (χ1) is 13.2. The Morgan fingerprint density at radius 3 is 2.14 bits per heavy atom. The number of rotatable bonds is 14. The van der Waals surface area contributed by atoms with Gasteiger partial charge in [0.25, 0.3) is 0 Å². The molecule has 0 saturated heterocycles. The SMILES string of the molecule is CC(CC(C)(C)C(=O)O)C(=O)N[C@@H](CCC(=O)NCCOC(C)(C)CO)C(=O)O. The van der Waals surface area contributed by atoms with Crippen LogP contribution < -0.4 is 10.6 Å². The molecule has 0 aliphatic heterocycles. The van der Waals surface area contributed by atoms with Crippen molar-refractivity contribution in [2.75, 3.05) is 19.8 Å². The van der Waals surface area contributed by atoms with Crippen LogP contribution in [0.1, 0.15) is 53.9 Å². The predicted molar refractivity (Wildman–Crippen MR) is 104 cm³/mol. The van der Waals surface area contributed by atoms with Gasteiger partial charge in [-0.25, -0.2) is 4.79 Å². The number of carbonyl (C=O) groups excluding carboxylic acids is 2. The molecule has 0 aliphatic carbocycles. The first kappa shape index (κ1) is 26.8. The van der Waals surface area contributed by atoms with E-state index in [9.17, 15) is 24.3 Å². The van der Waals surface area contributed by atoms with Gasteiger partial charge < -0.3 is 30.7 Å². The normalized spacial score (nSPS) is 14.0. The fraction of sp³-hybridized carbons (Fsp3) is 0.789. The Hall–Kier alpha value is -2.20. The van der Waals surface area contributed by atoms with E-state index in [4.69, 9.17) is 14.9 Å². The molecule has 0 aliphatic rings. The first-order valence-electron chi connectivity index (χ1n) is 9.50. The van der Waals surface area contributed by atoms with E-state index in [2.05, 4.69) is 10.6 Å². The van der Waals surface area contributed by atoms with Gasteiger partial charge in [-0.2, -0.15) is 0 Å². The monoisotopic (exact) mass is 418 g/mol. The molecule has 2 atom stereocenters. The zero-order valence-electron chi connectivity index (χ0n) is 17.8. The van der Waals surface area contributed by atoms with E-state index < -0.39 is 46.7 Å². The Balaban J connectivity index is 4.48. The lowest BCUT2D eigenvalue weighted by molar-refractivity contribution is -0.149. The van der Waals surface area contributed by atoms with Crippen LogP contribution in [-0.2, 0) is 23.9 Å². The predicted octanol–water partition coefficient (Wildman–Crippen LogP) is 0.377. The van der Waals surface area contributed by atoms with E-state index in [0.717, 1.165) is 0 Å². The number of carbonyl (C=O) groups is 4. The number of hydrogen-bond donors (Lipinski definition) is 5. The summed E-state index contributed by atoms with van der Waals surface area (Å²) in [5.41, 5.74) is -1.84. The smallest absolute Gasteiger partial charge is 0.326 e. The maximum atomic E-state index is 12.2. The molecular weight excluding hydrogens is 384 g/mol. The highest BCUT2D eigenvalue weighted by atomic mass is 16.5. The second-order valence-electron chi connectivity index (χ2n) is 8.35. The van der Waals surface area contributed by atoms with Crippen molar-refractivity contribution in [2.24, 2.45) is 11.3 Å². The number of aliphatic hydroxyl groups is 1. The number of ether oxygens (including phenoxy) is 1. The third-order valence-electron chi connectivity index (χ3n) is 4.42. The molecule has 10 nitrogen and oxygen atoms in total. The minimum atomic E-state index is -1.27. The molecule has 0 spiro atoms. The molecule has 0 radical (unpaired) electrons. The Morgan fingerprint density at radius 2 is 1.66 bits per heavy atom. The molecule has 1 unspecified atom stereocenters. The van der Waals surface area contributed by atoms with Gasteiger partial charge in [0.15, 0.2) is 0 Å². The second-order valence-corrected chi connectivity index (χ2v) is 8.35. The van der Waals surface area contributed by atoms with E-state index in [1.807, 2.05) is 0 Å². The van der Waals surface area contributed by atoms with Gasteiger partial charge in [0.1, 0.15) is 6.04 Å². The molecule has 0 aromatic heterocycles. The molecular formula is C19H34N2O8. The minimum absolute atomic E-state index is 0.0468. The molecule has 0 aromatic carbocycles. The standard InChI is InChI=1S/C19H34N2O8/c1-12(10-18(2,3)17(27)28)15(24)21-13(16(25)26)6-7-14(23)20-8-9-29-19(4,5)11-22/h12-13,22H,6-11H2,1-5H3,(H,20,23)(H,21,24)(H,25,26)(H,27,28)/t12?,13-/m0/s1. The molecule has 0 fully saturated rings. The number of aliphatic carboxylic acids is 2. The van der Waals surface area contributed by atoms with Gasteiger partial charge in [0.05, 0.1) is 24.2 Å². The summed E-state index contributed by atoms with van der Waals surface area (Å²) < 4.78 is 5.37. The van der Waals surface area contributed by atoms with Crippen LogP contribution in [0.25, 0.3) is 0 Å². The fourth-order valence-corrected chi connectivity index (χ4v) is 2.44. The van der Waals surface area contributed by atoms with Gasteiger partial charge in [0.2, 0.25) is 11.8 Å². The number of carboxylic acids is 2. The van der Waals surface area contributed by atoms with E-state index in [1.165, 1.54) is 20.8 Å². The lowest BCUT2D eigenvalue weighted by atomic mass is 9.83. The van der Waals surface area contributed by atoms with Gasteiger partial charge in [0, 0.05) is 18.9 Å². The van der Waals surface area contributed by atoms with E-state index >= 15 is 0 Å². The van der Waals surface area contributed by atoms with Gasteiger partial charge in [-0.3, -0.25) is 14.4 Å². The maximum Gasteiger partial charge on any atom is 0.326 e. The van der Waals surface area contributed by atoms with Crippen LogP contribution in [0.5, 0.6) is 0 Å². The summed E-state index contributed by atoms with van der Waals surface area (Å²) in [7, 11) is 0. The van der Waals surface area contributed by atoms with Crippen molar-refractivity contribution in [3.63, 3.8) is 0 Å². The van der Waals surface area contributed by atoms with Gasteiger partial charge in [-0.15, -0.1) is 0 Å². The summed E-state index contributed by atoms with van der Waals surface area (Å²) in [4.78, 5) is 46.6. The van der Waals surface area contributed by atoms with Crippen LogP contribution in [-0.4, -0.2) is 70.5 Å². The van der Waals surface area contributed by atoms with E-state index in [1.54, 1.807) is 13.8 Å². The van der Waals surface area contributed by atoms with Crippen LogP contribution in [0, 0.1) is 11.3 Å². The summed E-state index contributed by atoms with van der Waals surface area (Å²) in [6.45, 7) is 8.14. The molecule has 10 heteroatoms.